The number of benzene rings is 2. The van der Waals surface area contributed by atoms with Crippen molar-refractivity contribution < 1.29 is 33.8 Å². The summed E-state index contributed by atoms with van der Waals surface area (Å²) in [6.45, 7) is 6.60. The van der Waals surface area contributed by atoms with E-state index in [0.717, 1.165) is 62.3 Å². The molecule has 4 heterocycles. The van der Waals surface area contributed by atoms with E-state index in [4.69, 9.17) is 9.47 Å². The molecule has 4 aliphatic rings. The Morgan fingerprint density at radius 3 is 2.33 bits per heavy atom. The summed E-state index contributed by atoms with van der Waals surface area (Å²) in [7, 11) is 0. The van der Waals surface area contributed by atoms with Gasteiger partial charge in [0.15, 0.2) is 6.10 Å². The molecule has 1 atom stereocenters. The molecule has 3 fully saturated rings. The van der Waals surface area contributed by atoms with Crippen LogP contribution in [0.4, 0.5) is 15.3 Å². The van der Waals surface area contributed by atoms with Gasteiger partial charge in [-0.25, -0.2) is 9.59 Å². The Labute approximate surface area is 327 Å². The average Bonchev–Trinajstić information content (AvgIpc) is 3.33. The van der Waals surface area contributed by atoms with E-state index in [0.29, 0.717) is 73.7 Å². The molecule has 3 saturated heterocycles. The number of rotatable bonds is 10. The number of urea groups is 1. The monoisotopic (exact) mass is 894 g/mol. The largest absolute Gasteiger partial charge is 0.507 e. The Balaban J connectivity index is 1.02. The topological polar surface area (TPSA) is 135 Å². The van der Waals surface area contributed by atoms with Gasteiger partial charge in [0.1, 0.15) is 10.4 Å². The summed E-state index contributed by atoms with van der Waals surface area (Å²) < 4.78 is 12.0. The van der Waals surface area contributed by atoms with E-state index >= 15 is 0 Å². The summed E-state index contributed by atoms with van der Waals surface area (Å²) in [5.74, 6) is -0.287. The zero-order valence-corrected chi connectivity index (χ0v) is 33.1. The fourth-order valence-electron chi connectivity index (χ4n) is 7.77. The fourth-order valence-corrected chi connectivity index (χ4v) is 8.54. The number of phenols is 1. The molecule has 0 aliphatic carbocycles. The summed E-state index contributed by atoms with van der Waals surface area (Å²) in [5, 5.41) is 13.1. The summed E-state index contributed by atoms with van der Waals surface area (Å²) >= 11 is 5.40. The van der Waals surface area contributed by atoms with Crippen molar-refractivity contribution >= 4 is 68.2 Å². The van der Waals surface area contributed by atoms with Gasteiger partial charge in [-0.3, -0.25) is 14.5 Å². The number of halogens is 2. The maximum absolute atomic E-state index is 14.0. The summed E-state index contributed by atoms with van der Waals surface area (Å²) in [4.78, 5) is 62.6. The van der Waals surface area contributed by atoms with Crippen molar-refractivity contribution in [2.45, 2.75) is 63.1 Å². The molecule has 0 unspecified atom stereocenters. The predicted octanol–water partition coefficient (Wildman–Crippen LogP) is 4.69. The standard InChI is InChI=1S/C37H48BrIN6O7/c38-30-23-26(5-6-32(30)46)24-33(35(48)43-21-19-42(20-22-43)28-8-13-41(14-9-28)15-12-34(47)51-25-39)52-37(50)44-16-10-29(11-17-44)45-18-7-27-3-1-2-4-31(27)40-36(45)49/h1-6,23,28-29,33,46H,7-22,24-25H2,(H,40,49)/t33-/m1/s1. The van der Waals surface area contributed by atoms with Gasteiger partial charge in [0.2, 0.25) is 0 Å². The van der Waals surface area contributed by atoms with Crippen molar-refractivity contribution in [3.8, 4) is 5.75 Å². The van der Waals surface area contributed by atoms with Gasteiger partial charge < -0.3 is 39.5 Å². The van der Waals surface area contributed by atoms with Gasteiger partial charge in [0, 0.05) is 76.5 Å². The number of likely N-dealkylation sites (tertiary alicyclic amines) is 2. The molecular weight excluding hydrogens is 847 g/mol. The van der Waals surface area contributed by atoms with Crippen molar-refractivity contribution in [2.24, 2.45) is 0 Å². The Kier molecular flexibility index (Phi) is 13.5. The number of ether oxygens (including phenoxy) is 2. The van der Waals surface area contributed by atoms with Crippen molar-refractivity contribution in [1.29, 1.82) is 0 Å². The van der Waals surface area contributed by atoms with Gasteiger partial charge in [-0.15, -0.1) is 0 Å². The zero-order valence-electron chi connectivity index (χ0n) is 29.4. The highest BCUT2D eigenvalue weighted by Gasteiger charge is 2.36. The van der Waals surface area contributed by atoms with Gasteiger partial charge in [-0.05, 0) is 113 Å². The highest BCUT2D eigenvalue weighted by molar-refractivity contribution is 14.1. The lowest BCUT2D eigenvalue weighted by molar-refractivity contribution is -0.143. The van der Waals surface area contributed by atoms with Crippen LogP contribution in [0.2, 0.25) is 0 Å². The van der Waals surface area contributed by atoms with Crippen LogP contribution in [0.25, 0.3) is 0 Å². The SMILES string of the molecule is O=C(CCN1CCC(N2CCN(C(=O)[C@@H](Cc3ccc(O)c(Br)c3)OC(=O)N3CCC(N4CCc5ccccc5NC4=O)CC3)CC2)CC1)OCI. The lowest BCUT2D eigenvalue weighted by Crippen LogP contribution is -2.56. The third-order valence-electron chi connectivity index (χ3n) is 10.8. The van der Waals surface area contributed by atoms with Crippen molar-refractivity contribution in [3.63, 3.8) is 0 Å². The summed E-state index contributed by atoms with van der Waals surface area (Å²) in [6, 6.07) is 13.2. The number of alkyl halides is 1. The van der Waals surface area contributed by atoms with Crippen LogP contribution in [-0.4, -0.2) is 142 Å². The first-order valence-electron chi connectivity index (χ1n) is 18.2. The van der Waals surface area contributed by atoms with Crippen LogP contribution in [0, 0.1) is 0 Å². The Morgan fingerprint density at radius 2 is 1.62 bits per heavy atom. The molecule has 4 aliphatic heterocycles. The maximum Gasteiger partial charge on any atom is 0.410 e. The zero-order chi connectivity index (χ0) is 36.6. The minimum atomic E-state index is -1.02. The van der Waals surface area contributed by atoms with Crippen molar-refractivity contribution in [2.75, 3.05) is 75.4 Å². The molecule has 52 heavy (non-hydrogen) atoms. The van der Waals surface area contributed by atoms with Crippen LogP contribution in [0.3, 0.4) is 0 Å². The minimum absolute atomic E-state index is 0.00185. The molecule has 0 spiro atoms. The first-order valence-corrected chi connectivity index (χ1v) is 20.6. The van der Waals surface area contributed by atoms with Gasteiger partial charge in [0.25, 0.3) is 5.91 Å². The Morgan fingerprint density at radius 1 is 0.904 bits per heavy atom. The molecule has 0 bridgehead atoms. The molecule has 13 nitrogen and oxygen atoms in total. The lowest BCUT2D eigenvalue weighted by atomic mass is 10.0. The number of aromatic hydroxyl groups is 1. The quantitative estimate of drug-likeness (QED) is 0.198. The van der Waals surface area contributed by atoms with Crippen LogP contribution in [-0.2, 0) is 31.9 Å². The number of fused-ring (bicyclic) bond motifs is 1. The number of carbonyl (C=O) groups excluding carboxylic acids is 4. The number of carbonyl (C=O) groups is 4. The number of esters is 1. The van der Waals surface area contributed by atoms with Gasteiger partial charge in [-0.1, -0.05) is 24.3 Å². The lowest BCUT2D eigenvalue weighted by Gasteiger charge is -2.43. The molecule has 15 heteroatoms. The number of para-hydroxylation sites is 1. The minimum Gasteiger partial charge on any atom is -0.507 e. The molecule has 2 aromatic carbocycles. The second-order valence-corrected chi connectivity index (χ2v) is 15.4. The van der Waals surface area contributed by atoms with E-state index in [2.05, 4.69) is 31.0 Å². The van der Waals surface area contributed by atoms with E-state index in [1.807, 2.05) is 51.8 Å². The third-order valence-corrected chi connectivity index (χ3v) is 11.8. The normalized spacial score (nSPS) is 20.1. The molecule has 4 amide bonds. The van der Waals surface area contributed by atoms with Crippen LogP contribution < -0.4 is 5.32 Å². The van der Waals surface area contributed by atoms with Gasteiger partial charge >= 0.3 is 18.1 Å². The van der Waals surface area contributed by atoms with E-state index in [1.165, 1.54) is 0 Å². The number of piperazine rings is 1. The molecule has 0 aromatic heterocycles. The van der Waals surface area contributed by atoms with Crippen LogP contribution >= 0.6 is 38.5 Å². The highest BCUT2D eigenvalue weighted by Crippen LogP contribution is 2.28. The Hall–Kier alpha value is -3.15. The van der Waals surface area contributed by atoms with E-state index in [9.17, 15) is 24.3 Å². The molecule has 6 rings (SSSR count). The number of anilines is 1. The van der Waals surface area contributed by atoms with E-state index < -0.39 is 12.2 Å². The van der Waals surface area contributed by atoms with Crippen molar-refractivity contribution in [1.82, 2.24) is 24.5 Å². The average molecular weight is 896 g/mol. The molecule has 2 N–H and O–H groups in total. The van der Waals surface area contributed by atoms with Gasteiger partial charge in [0.05, 0.1) is 10.9 Å². The number of hydrogen-bond donors (Lipinski definition) is 2. The van der Waals surface area contributed by atoms with Crippen molar-refractivity contribution in [3.05, 3.63) is 58.1 Å². The first-order chi connectivity index (χ1) is 25.2. The maximum atomic E-state index is 14.0. The second-order valence-electron chi connectivity index (χ2n) is 13.9. The summed E-state index contributed by atoms with van der Waals surface area (Å²) in [6.07, 6.45) is 3.06. The highest BCUT2D eigenvalue weighted by atomic mass is 127. The number of hydrogen-bond acceptors (Lipinski definition) is 9. The molecule has 0 saturated carbocycles. The number of amides is 4. The van der Waals surface area contributed by atoms with E-state index in [-0.39, 0.29) is 36.1 Å². The smallest absolute Gasteiger partial charge is 0.410 e. The second kappa shape index (κ2) is 18.3. The molecule has 282 valence electrons. The number of nitrogens with one attached hydrogen (secondary N) is 1. The molecular formula is C37H48BrIN6O7. The van der Waals surface area contributed by atoms with Crippen LogP contribution in [0.5, 0.6) is 5.75 Å². The predicted molar refractivity (Wildman–Crippen MR) is 207 cm³/mol. The van der Waals surface area contributed by atoms with E-state index in [1.54, 1.807) is 28.0 Å². The number of nitrogens with zero attached hydrogens (tertiary/aromatic N) is 5. The number of piperidine rings is 2. The van der Waals surface area contributed by atoms with Crippen LogP contribution in [0.15, 0.2) is 46.9 Å². The molecule has 0 radical (unpaired) electrons. The third kappa shape index (κ3) is 9.88. The molecule has 2 aromatic rings. The van der Waals surface area contributed by atoms with Crippen LogP contribution in [0.1, 0.15) is 43.2 Å². The summed E-state index contributed by atoms with van der Waals surface area (Å²) in [5.41, 5.74) is 2.72. The van der Waals surface area contributed by atoms with Gasteiger partial charge in [-0.2, -0.15) is 0 Å². The Bertz CT molecular complexity index is 1580. The fraction of sp³-hybridized carbons (Fsp3) is 0.568. The first kappa shape index (κ1) is 38.6. The number of phenolic OH excluding ortho intramolecular Hbond substituents is 1.